The summed E-state index contributed by atoms with van der Waals surface area (Å²) < 4.78 is 13.7. The molecule has 2 rings (SSSR count). The molecule has 20 heavy (non-hydrogen) atoms. The van der Waals surface area contributed by atoms with Crippen LogP contribution in [0.1, 0.15) is 44.1 Å². The van der Waals surface area contributed by atoms with Crippen molar-refractivity contribution in [1.82, 2.24) is 4.90 Å². The molecule has 1 amide bonds. The molecule has 0 unspecified atom stereocenters. The standard InChI is InChI=1S/C16H23FN2O/c17-15-7-4-3-6-13(15)12-19(14-9-10-14)16(20)8-2-1-5-11-18/h3-4,6-7,14H,1-2,5,8-12,18H2. The highest BCUT2D eigenvalue weighted by molar-refractivity contribution is 5.76. The Kier molecular flexibility index (Phi) is 5.53. The number of unbranched alkanes of at least 4 members (excludes halogenated alkanes) is 2. The predicted octanol–water partition coefficient (Wildman–Crippen LogP) is 2.84. The van der Waals surface area contributed by atoms with Gasteiger partial charge in [0.2, 0.25) is 5.91 Å². The number of nitrogens with zero attached hydrogens (tertiary/aromatic N) is 1. The van der Waals surface area contributed by atoms with Gasteiger partial charge >= 0.3 is 0 Å². The Morgan fingerprint density at radius 2 is 2.00 bits per heavy atom. The molecule has 2 N–H and O–H groups in total. The van der Waals surface area contributed by atoms with Gasteiger partial charge in [-0.1, -0.05) is 24.6 Å². The zero-order valence-corrected chi connectivity index (χ0v) is 11.9. The number of hydrogen-bond acceptors (Lipinski definition) is 2. The highest BCUT2D eigenvalue weighted by Crippen LogP contribution is 2.29. The van der Waals surface area contributed by atoms with Gasteiger partial charge in [-0.2, -0.15) is 0 Å². The lowest BCUT2D eigenvalue weighted by Crippen LogP contribution is -2.32. The molecule has 1 aromatic rings. The summed E-state index contributed by atoms with van der Waals surface area (Å²) in [5.41, 5.74) is 6.05. The van der Waals surface area contributed by atoms with Gasteiger partial charge in [-0.05, 0) is 38.3 Å². The van der Waals surface area contributed by atoms with E-state index >= 15 is 0 Å². The number of nitrogens with two attached hydrogens (primary N) is 1. The van der Waals surface area contributed by atoms with Gasteiger partial charge in [-0.15, -0.1) is 0 Å². The van der Waals surface area contributed by atoms with Crippen LogP contribution >= 0.6 is 0 Å². The van der Waals surface area contributed by atoms with Crippen LogP contribution in [0.3, 0.4) is 0 Å². The monoisotopic (exact) mass is 278 g/mol. The number of halogens is 1. The maximum atomic E-state index is 13.7. The fraction of sp³-hybridized carbons (Fsp3) is 0.562. The van der Waals surface area contributed by atoms with Gasteiger partial charge in [0, 0.05) is 24.6 Å². The van der Waals surface area contributed by atoms with E-state index in [2.05, 4.69) is 0 Å². The number of amides is 1. The molecule has 0 radical (unpaired) electrons. The summed E-state index contributed by atoms with van der Waals surface area (Å²) in [5, 5.41) is 0. The zero-order valence-electron chi connectivity index (χ0n) is 11.9. The lowest BCUT2D eigenvalue weighted by Gasteiger charge is -2.23. The Balaban J connectivity index is 1.90. The summed E-state index contributed by atoms with van der Waals surface area (Å²) in [6.07, 6.45) is 5.46. The van der Waals surface area contributed by atoms with E-state index in [1.54, 1.807) is 12.1 Å². The summed E-state index contributed by atoms with van der Waals surface area (Å²) in [4.78, 5) is 14.1. The molecule has 0 aliphatic heterocycles. The molecule has 110 valence electrons. The first kappa shape index (κ1) is 15.0. The average Bonchev–Trinajstić information content (AvgIpc) is 3.27. The normalized spacial score (nSPS) is 14.3. The molecule has 0 saturated heterocycles. The second-order valence-electron chi connectivity index (χ2n) is 5.44. The molecule has 0 heterocycles. The van der Waals surface area contributed by atoms with Crippen molar-refractivity contribution in [3.8, 4) is 0 Å². The fourth-order valence-electron chi connectivity index (χ4n) is 2.36. The van der Waals surface area contributed by atoms with Crippen LogP contribution < -0.4 is 5.73 Å². The van der Waals surface area contributed by atoms with Crippen LogP contribution in [0, 0.1) is 5.82 Å². The minimum Gasteiger partial charge on any atom is -0.335 e. The third-order valence-electron chi connectivity index (χ3n) is 3.70. The molecule has 0 spiro atoms. The van der Waals surface area contributed by atoms with E-state index < -0.39 is 0 Å². The first-order valence-corrected chi connectivity index (χ1v) is 7.45. The summed E-state index contributed by atoms with van der Waals surface area (Å²) in [6, 6.07) is 7.01. The topological polar surface area (TPSA) is 46.3 Å². The third kappa shape index (κ3) is 4.30. The highest BCUT2D eigenvalue weighted by atomic mass is 19.1. The van der Waals surface area contributed by atoms with E-state index in [0.717, 1.165) is 32.1 Å². The maximum absolute atomic E-state index is 13.7. The minimum absolute atomic E-state index is 0.146. The Morgan fingerprint density at radius 3 is 2.65 bits per heavy atom. The second-order valence-corrected chi connectivity index (χ2v) is 5.44. The van der Waals surface area contributed by atoms with Gasteiger partial charge in [0.05, 0.1) is 0 Å². The third-order valence-corrected chi connectivity index (χ3v) is 3.70. The van der Waals surface area contributed by atoms with Crippen molar-refractivity contribution in [3.63, 3.8) is 0 Å². The summed E-state index contributed by atoms with van der Waals surface area (Å²) >= 11 is 0. The van der Waals surface area contributed by atoms with E-state index in [4.69, 9.17) is 5.73 Å². The largest absolute Gasteiger partial charge is 0.335 e. The van der Waals surface area contributed by atoms with Crippen LogP contribution in [0.5, 0.6) is 0 Å². The van der Waals surface area contributed by atoms with Crippen molar-refractivity contribution in [1.29, 1.82) is 0 Å². The van der Waals surface area contributed by atoms with Crippen molar-refractivity contribution in [2.24, 2.45) is 5.73 Å². The molecule has 1 aliphatic rings. The van der Waals surface area contributed by atoms with E-state index in [9.17, 15) is 9.18 Å². The van der Waals surface area contributed by atoms with Crippen LogP contribution in [0.2, 0.25) is 0 Å². The first-order chi connectivity index (χ1) is 9.72. The van der Waals surface area contributed by atoms with E-state index in [0.29, 0.717) is 31.1 Å². The molecule has 0 bridgehead atoms. The minimum atomic E-state index is -0.228. The zero-order chi connectivity index (χ0) is 14.4. The molecule has 3 nitrogen and oxygen atoms in total. The van der Waals surface area contributed by atoms with Gasteiger partial charge in [-0.25, -0.2) is 4.39 Å². The van der Waals surface area contributed by atoms with E-state index in [1.807, 2.05) is 11.0 Å². The van der Waals surface area contributed by atoms with Gasteiger partial charge in [0.25, 0.3) is 0 Å². The predicted molar refractivity (Wildman–Crippen MR) is 77.5 cm³/mol. The van der Waals surface area contributed by atoms with Crippen LogP contribution in [0.25, 0.3) is 0 Å². The average molecular weight is 278 g/mol. The number of rotatable bonds is 8. The summed E-state index contributed by atoms with van der Waals surface area (Å²) in [7, 11) is 0. The highest BCUT2D eigenvalue weighted by Gasteiger charge is 2.32. The van der Waals surface area contributed by atoms with Crippen LogP contribution in [0.4, 0.5) is 4.39 Å². The van der Waals surface area contributed by atoms with Crippen molar-refractivity contribution in [3.05, 3.63) is 35.6 Å². The molecule has 1 saturated carbocycles. The van der Waals surface area contributed by atoms with Crippen LogP contribution in [-0.2, 0) is 11.3 Å². The SMILES string of the molecule is NCCCCCC(=O)N(Cc1ccccc1F)C1CC1. The Bertz CT molecular complexity index is 446. The summed E-state index contributed by atoms with van der Waals surface area (Å²) in [6.45, 7) is 1.07. The molecular weight excluding hydrogens is 255 g/mol. The van der Waals surface area contributed by atoms with Crippen LogP contribution in [0.15, 0.2) is 24.3 Å². The Morgan fingerprint density at radius 1 is 1.25 bits per heavy atom. The first-order valence-electron chi connectivity index (χ1n) is 7.45. The number of benzene rings is 1. The van der Waals surface area contributed by atoms with Gasteiger partial charge in [-0.3, -0.25) is 4.79 Å². The van der Waals surface area contributed by atoms with E-state index in [-0.39, 0.29) is 11.7 Å². The Labute approximate surface area is 120 Å². The second kappa shape index (κ2) is 7.39. The molecule has 0 aromatic heterocycles. The van der Waals surface area contributed by atoms with Gasteiger partial charge < -0.3 is 10.6 Å². The van der Waals surface area contributed by atoms with Gasteiger partial charge in [0.15, 0.2) is 0 Å². The van der Waals surface area contributed by atoms with Crippen molar-refractivity contribution in [2.45, 2.75) is 51.1 Å². The quantitative estimate of drug-likeness (QED) is 0.743. The fourth-order valence-corrected chi connectivity index (χ4v) is 2.36. The molecule has 4 heteroatoms. The lowest BCUT2D eigenvalue weighted by atomic mass is 10.1. The molecule has 1 aromatic carbocycles. The smallest absolute Gasteiger partial charge is 0.223 e. The van der Waals surface area contributed by atoms with Crippen LogP contribution in [-0.4, -0.2) is 23.4 Å². The van der Waals surface area contributed by atoms with Gasteiger partial charge in [0.1, 0.15) is 5.82 Å². The Hall–Kier alpha value is -1.42. The number of carbonyl (C=O) groups excluding carboxylic acids is 1. The lowest BCUT2D eigenvalue weighted by molar-refractivity contribution is -0.132. The molecular formula is C16H23FN2O. The molecule has 1 aliphatic carbocycles. The van der Waals surface area contributed by atoms with E-state index in [1.165, 1.54) is 6.07 Å². The molecule has 1 fully saturated rings. The van der Waals surface area contributed by atoms with Crippen molar-refractivity contribution >= 4 is 5.91 Å². The number of hydrogen-bond donors (Lipinski definition) is 1. The van der Waals surface area contributed by atoms with Crippen molar-refractivity contribution in [2.75, 3.05) is 6.54 Å². The van der Waals surface area contributed by atoms with Crippen molar-refractivity contribution < 1.29 is 9.18 Å². The number of carbonyl (C=O) groups is 1. The molecule has 0 atom stereocenters. The maximum Gasteiger partial charge on any atom is 0.223 e. The summed E-state index contributed by atoms with van der Waals surface area (Å²) in [5.74, 6) is -0.0816.